The summed E-state index contributed by atoms with van der Waals surface area (Å²) in [5.74, 6) is 0. The molecule has 0 amide bonds. The van der Waals surface area contributed by atoms with Crippen molar-refractivity contribution >= 4 is 9.52 Å². The van der Waals surface area contributed by atoms with Gasteiger partial charge in [-0.05, 0) is 13.1 Å². The van der Waals surface area contributed by atoms with Crippen LogP contribution in [0.3, 0.4) is 0 Å². The zero-order chi connectivity index (χ0) is 7.11. The van der Waals surface area contributed by atoms with Gasteiger partial charge in [-0.15, -0.1) is 0 Å². The summed E-state index contributed by atoms with van der Waals surface area (Å²) in [5, 5.41) is 0. The molecule has 0 aliphatic heterocycles. The lowest BCUT2D eigenvalue weighted by Gasteiger charge is -2.08. The lowest BCUT2D eigenvalue weighted by molar-refractivity contribution is -0.0958. The average molecular weight is 149 g/mol. The molecule has 2 N–H and O–H groups in total. The van der Waals surface area contributed by atoms with Crippen LogP contribution in [0.15, 0.2) is 0 Å². The molecule has 1 atom stereocenters. The molecule has 9 heavy (non-hydrogen) atoms. The average Bonchev–Trinajstić information content (AvgIpc) is 1.89. The third kappa shape index (κ3) is 5.98. The molecule has 0 aliphatic rings. The zero-order valence-electron chi connectivity index (χ0n) is 6.09. The molecule has 0 radical (unpaired) electrons. The van der Waals surface area contributed by atoms with Gasteiger partial charge < -0.3 is 15.2 Å². The molecule has 0 aromatic carbocycles. The second kappa shape index (κ2) is 6.22. The first kappa shape index (κ1) is 9.10. The molecule has 56 valence electrons. The van der Waals surface area contributed by atoms with Gasteiger partial charge in [0, 0.05) is 13.3 Å². The summed E-state index contributed by atoms with van der Waals surface area (Å²) in [5.41, 5.74) is 5.30. The first-order chi connectivity index (χ1) is 4.31. The second-order valence-electron chi connectivity index (χ2n) is 1.82. The van der Waals surface area contributed by atoms with Gasteiger partial charge in [0.15, 0.2) is 6.29 Å². The molecule has 1 unspecified atom stereocenters. The summed E-state index contributed by atoms with van der Waals surface area (Å²) >= 11 is 0. The van der Waals surface area contributed by atoms with E-state index < -0.39 is 0 Å². The summed E-state index contributed by atoms with van der Waals surface area (Å²) in [4.78, 5) is 0. The summed E-state index contributed by atoms with van der Waals surface area (Å²) in [6.45, 7) is 1.88. The predicted octanol–water partition coefficient (Wildman–Crippen LogP) is -0.962. The van der Waals surface area contributed by atoms with Crippen LogP contribution in [0, 0.1) is 0 Å². The smallest absolute Gasteiger partial charge is 0.153 e. The maximum absolute atomic E-state index is 5.30. The molecular formula is C5H15NO2Si. The van der Waals surface area contributed by atoms with Crippen LogP contribution in [0.5, 0.6) is 0 Å². The summed E-state index contributed by atoms with van der Waals surface area (Å²) < 4.78 is 10.0. The SMILES string of the molecule is COC(C)OC[SiH2]CN. The van der Waals surface area contributed by atoms with Gasteiger partial charge in [-0.2, -0.15) is 0 Å². The van der Waals surface area contributed by atoms with Crippen LogP contribution in [-0.4, -0.2) is 35.3 Å². The molecule has 0 rings (SSSR count). The van der Waals surface area contributed by atoms with Crippen LogP contribution in [0.1, 0.15) is 6.92 Å². The Bertz CT molecular complexity index is 62.9. The van der Waals surface area contributed by atoms with Crippen LogP contribution in [0.4, 0.5) is 0 Å². The highest BCUT2D eigenvalue weighted by molar-refractivity contribution is 6.35. The predicted molar refractivity (Wildman–Crippen MR) is 40.0 cm³/mol. The Hall–Kier alpha value is 0.0969. The molecule has 0 heterocycles. The van der Waals surface area contributed by atoms with Crippen molar-refractivity contribution in [1.29, 1.82) is 0 Å². The van der Waals surface area contributed by atoms with E-state index in [4.69, 9.17) is 15.2 Å². The highest BCUT2D eigenvalue weighted by Gasteiger charge is 1.95. The molecule has 0 spiro atoms. The van der Waals surface area contributed by atoms with E-state index >= 15 is 0 Å². The first-order valence-corrected chi connectivity index (χ1v) is 5.15. The van der Waals surface area contributed by atoms with Crippen molar-refractivity contribution in [2.45, 2.75) is 13.2 Å². The molecule has 0 saturated carbocycles. The fourth-order valence-corrected chi connectivity index (χ4v) is 1.07. The molecule has 0 aromatic heterocycles. The van der Waals surface area contributed by atoms with Gasteiger partial charge in [0.05, 0.1) is 9.52 Å². The van der Waals surface area contributed by atoms with Crippen molar-refractivity contribution in [1.82, 2.24) is 0 Å². The Balaban J connectivity index is 2.88. The Morgan fingerprint density at radius 3 is 2.78 bits per heavy atom. The molecule has 4 heteroatoms. The number of methoxy groups -OCH3 is 1. The van der Waals surface area contributed by atoms with Crippen molar-refractivity contribution in [3.63, 3.8) is 0 Å². The van der Waals surface area contributed by atoms with Gasteiger partial charge in [-0.3, -0.25) is 0 Å². The van der Waals surface area contributed by atoms with Gasteiger partial charge in [-0.25, -0.2) is 0 Å². The number of rotatable bonds is 5. The fraction of sp³-hybridized carbons (Fsp3) is 1.00. The third-order valence-electron chi connectivity index (χ3n) is 1.03. The van der Waals surface area contributed by atoms with Crippen molar-refractivity contribution in [3.05, 3.63) is 0 Å². The monoisotopic (exact) mass is 149 g/mol. The maximum atomic E-state index is 5.30. The van der Waals surface area contributed by atoms with Crippen molar-refractivity contribution in [3.8, 4) is 0 Å². The summed E-state index contributed by atoms with van der Waals surface area (Å²) in [6.07, 6.45) is 1.58. The minimum atomic E-state index is -0.155. The van der Waals surface area contributed by atoms with Crippen LogP contribution in [-0.2, 0) is 9.47 Å². The van der Waals surface area contributed by atoms with Crippen molar-refractivity contribution in [2.75, 3.05) is 19.5 Å². The summed E-state index contributed by atoms with van der Waals surface area (Å²) in [6, 6.07) is 0. The second-order valence-corrected chi connectivity index (χ2v) is 3.51. The van der Waals surface area contributed by atoms with E-state index in [0.717, 1.165) is 12.4 Å². The van der Waals surface area contributed by atoms with Crippen LogP contribution in [0.2, 0.25) is 0 Å². The van der Waals surface area contributed by atoms with E-state index in [1.807, 2.05) is 6.92 Å². The lowest BCUT2D eigenvalue weighted by atomic mass is 10.8. The van der Waals surface area contributed by atoms with E-state index in [-0.39, 0.29) is 15.8 Å². The lowest BCUT2D eigenvalue weighted by Crippen LogP contribution is -2.20. The van der Waals surface area contributed by atoms with Gasteiger partial charge in [0.25, 0.3) is 0 Å². The van der Waals surface area contributed by atoms with E-state index in [2.05, 4.69) is 0 Å². The van der Waals surface area contributed by atoms with Gasteiger partial charge >= 0.3 is 0 Å². The molecule has 3 nitrogen and oxygen atoms in total. The van der Waals surface area contributed by atoms with Gasteiger partial charge in [0.1, 0.15) is 0 Å². The number of hydrogen-bond acceptors (Lipinski definition) is 3. The number of nitrogens with two attached hydrogens (primary N) is 1. The van der Waals surface area contributed by atoms with Gasteiger partial charge in [0.2, 0.25) is 0 Å². The van der Waals surface area contributed by atoms with Crippen LogP contribution >= 0.6 is 0 Å². The Kier molecular flexibility index (Phi) is 6.29. The topological polar surface area (TPSA) is 44.5 Å². The van der Waals surface area contributed by atoms with Gasteiger partial charge in [-0.1, -0.05) is 0 Å². The van der Waals surface area contributed by atoms with Crippen molar-refractivity contribution in [2.24, 2.45) is 5.73 Å². The maximum Gasteiger partial charge on any atom is 0.153 e. The Labute approximate surface area is 58.3 Å². The molecule has 0 bridgehead atoms. The molecule has 0 aliphatic carbocycles. The molecular weight excluding hydrogens is 134 g/mol. The Morgan fingerprint density at radius 2 is 2.33 bits per heavy atom. The van der Waals surface area contributed by atoms with E-state index in [1.165, 1.54) is 0 Å². The van der Waals surface area contributed by atoms with E-state index in [0.29, 0.717) is 0 Å². The van der Waals surface area contributed by atoms with E-state index in [1.54, 1.807) is 7.11 Å². The highest BCUT2D eigenvalue weighted by Crippen LogP contribution is 1.87. The largest absolute Gasteiger partial charge is 0.357 e. The number of ether oxygens (including phenoxy) is 2. The molecule has 0 saturated heterocycles. The van der Waals surface area contributed by atoms with E-state index in [9.17, 15) is 0 Å². The minimum absolute atomic E-state index is 0.0657. The fourth-order valence-electron chi connectivity index (χ4n) is 0.401. The third-order valence-corrected chi connectivity index (χ3v) is 1.97. The summed E-state index contributed by atoms with van der Waals surface area (Å²) in [7, 11) is 1.48. The van der Waals surface area contributed by atoms with Crippen molar-refractivity contribution < 1.29 is 9.47 Å². The van der Waals surface area contributed by atoms with Crippen LogP contribution in [0.25, 0.3) is 0 Å². The molecule has 0 fully saturated rings. The normalized spacial score (nSPS) is 15.0. The van der Waals surface area contributed by atoms with Crippen LogP contribution < -0.4 is 5.73 Å². The highest BCUT2D eigenvalue weighted by atomic mass is 28.2. The Morgan fingerprint density at radius 1 is 1.67 bits per heavy atom. The number of hydrogen-bond donors (Lipinski definition) is 1. The quantitative estimate of drug-likeness (QED) is 0.311. The zero-order valence-corrected chi connectivity index (χ0v) is 7.51. The first-order valence-electron chi connectivity index (χ1n) is 3.15. The minimum Gasteiger partial charge on any atom is -0.357 e. The molecule has 0 aromatic rings. The standard InChI is InChI=1S/C5H15NO2Si/c1-5(7-2)8-4-9-3-6/h5H,3-4,6,9H2,1-2H3.